The fourth-order valence-electron chi connectivity index (χ4n) is 2.71. The molecule has 0 saturated heterocycles. The fourth-order valence-corrected chi connectivity index (χ4v) is 5.38. The maximum atomic E-state index is 12.9. The Morgan fingerprint density at radius 3 is 2.84 bits per heavy atom. The molecule has 1 atom stereocenters. The maximum absolute atomic E-state index is 12.9. The lowest BCUT2D eigenvalue weighted by Gasteiger charge is -2.31. The smallest absolute Gasteiger partial charge is 0.322 e. The van der Waals surface area contributed by atoms with Gasteiger partial charge in [0.05, 0.1) is 4.53 Å². The van der Waals surface area contributed by atoms with Crippen LogP contribution in [0.5, 0.6) is 0 Å². The van der Waals surface area contributed by atoms with E-state index in [0.29, 0.717) is 6.54 Å². The highest BCUT2D eigenvalue weighted by Gasteiger charge is 2.35. The Kier molecular flexibility index (Phi) is 6.89. The van der Waals surface area contributed by atoms with Crippen LogP contribution in [0.1, 0.15) is 20.3 Å². The molecule has 0 spiro atoms. The molecule has 1 N–H and O–H groups in total. The third-order valence-corrected chi connectivity index (χ3v) is 6.61. The largest absolute Gasteiger partial charge is 0.480 e. The lowest BCUT2D eigenvalue weighted by Crippen LogP contribution is -2.50. The van der Waals surface area contributed by atoms with Crippen molar-refractivity contribution >= 4 is 52.4 Å². The highest BCUT2D eigenvalue weighted by atomic mass is 32.2. The van der Waals surface area contributed by atoms with Crippen LogP contribution in [-0.2, 0) is 14.8 Å². The molecular formula is C15H23N3O4S3. The van der Waals surface area contributed by atoms with Gasteiger partial charge in [-0.25, -0.2) is 8.42 Å². The van der Waals surface area contributed by atoms with Crippen molar-refractivity contribution in [2.24, 2.45) is 5.92 Å². The second kappa shape index (κ2) is 8.52. The van der Waals surface area contributed by atoms with Crippen LogP contribution in [0.4, 0.5) is 0 Å². The van der Waals surface area contributed by atoms with E-state index in [1.807, 2.05) is 19.9 Å². The first kappa shape index (κ1) is 20.2. The summed E-state index contributed by atoms with van der Waals surface area (Å²) < 4.78 is 32.0. The molecule has 10 heteroatoms. The van der Waals surface area contributed by atoms with Crippen molar-refractivity contribution in [1.29, 1.82) is 0 Å². The Labute approximate surface area is 157 Å². The van der Waals surface area contributed by atoms with E-state index >= 15 is 0 Å². The lowest BCUT2D eigenvalue weighted by atomic mass is 10.0. The molecule has 0 aromatic carbocycles. The number of nitrogens with zero attached hydrogens (tertiary/aromatic N) is 3. The van der Waals surface area contributed by atoms with Gasteiger partial charge in [0.15, 0.2) is 0 Å². The molecule has 1 aromatic heterocycles. The molecule has 0 amide bonds. The normalized spacial score (nSPS) is 15.6. The highest BCUT2D eigenvalue weighted by Crippen LogP contribution is 2.18. The molecule has 140 valence electrons. The van der Waals surface area contributed by atoms with Crippen LogP contribution in [0, 0.1) is 5.92 Å². The van der Waals surface area contributed by atoms with E-state index in [2.05, 4.69) is 17.0 Å². The van der Waals surface area contributed by atoms with Crippen molar-refractivity contribution in [3.63, 3.8) is 0 Å². The summed E-state index contributed by atoms with van der Waals surface area (Å²) in [6.45, 7) is 4.27. The molecule has 25 heavy (non-hydrogen) atoms. The minimum atomic E-state index is -3.80. The molecule has 7 nitrogen and oxygen atoms in total. The van der Waals surface area contributed by atoms with Crippen LogP contribution < -0.4 is 9.75 Å². The number of carbonyl (C=O) groups is 1. The molecule has 2 rings (SSSR count). The van der Waals surface area contributed by atoms with Crippen molar-refractivity contribution < 1.29 is 18.3 Å². The van der Waals surface area contributed by atoms with Gasteiger partial charge in [-0.15, -0.1) is 0 Å². The lowest BCUT2D eigenvalue weighted by molar-refractivity contribution is -0.142. The quantitative estimate of drug-likeness (QED) is 0.562. The zero-order valence-corrected chi connectivity index (χ0v) is 16.7. The average Bonchev–Trinajstić information content (AvgIpc) is 2.97. The van der Waals surface area contributed by atoms with E-state index in [4.69, 9.17) is 0 Å². The summed E-state index contributed by atoms with van der Waals surface area (Å²) in [6.07, 6.45) is 5.64. The molecule has 1 unspecified atom stereocenters. The van der Waals surface area contributed by atoms with E-state index in [1.165, 1.54) is 11.5 Å². The first-order valence-electron chi connectivity index (χ1n) is 7.94. The maximum Gasteiger partial charge on any atom is 0.322 e. The van der Waals surface area contributed by atoms with Crippen molar-refractivity contribution in [3.8, 4) is 0 Å². The van der Waals surface area contributed by atoms with Gasteiger partial charge in [-0.2, -0.15) is 21.3 Å². The first-order chi connectivity index (χ1) is 11.7. The predicted molar refractivity (Wildman–Crippen MR) is 102 cm³/mol. The van der Waals surface area contributed by atoms with Crippen LogP contribution >= 0.6 is 24.2 Å². The van der Waals surface area contributed by atoms with Gasteiger partial charge in [-0.3, -0.25) is 4.79 Å². The van der Waals surface area contributed by atoms with Crippen LogP contribution in [0.25, 0.3) is 12.3 Å². The number of thiol groups is 1. The van der Waals surface area contributed by atoms with Gasteiger partial charge >= 0.3 is 5.97 Å². The average molecular weight is 406 g/mol. The van der Waals surface area contributed by atoms with Crippen LogP contribution in [-0.4, -0.2) is 63.8 Å². The van der Waals surface area contributed by atoms with Crippen molar-refractivity contribution in [3.05, 3.63) is 15.9 Å². The van der Waals surface area contributed by atoms with Crippen LogP contribution in [0.15, 0.2) is 6.20 Å². The number of sulfonamides is 1. The standard InChI is InChI=1S/C15H23N3O4S3/c1-11(2)7-13(15(19)20)18(5-6-23)25(21,22)10-17-4-3-14-12(9-17)8-16-24-14/h3,8-9,11,13,23H,4-7,10H2,1-2H3,(H,19,20). The number of aromatic nitrogens is 1. The predicted octanol–water partition coefficient (Wildman–Crippen LogP) is -0.00440. The molecule has 1 aromatic rings. The highest BCUT2D eigenvalue weighted by molar-refractivity contribution is 7.89. The zero-order valence-electron chi connectivity index (χ0n) is 14.2. The third-order valence-electron chi connectivity index (χ3n) is 3.79. The molecule has 0 bridgehead atoms. The number of hydrogen-bond acceptors (Lipinski definition) is 7. The second-order valence-corrected chi connectivity index (χ2v) is 9.48. The van der Waals surface area contributed by atoms with E-state index in [0.717, 1.165) is 14.1 Å². The van der Waals surface area contributed by atoms with Crippen LogP contribution in [0.3, 0.4) is 0 Å². The van der Waals surface area contributed by atoms with Crippen molar-refractivity contribution in [2.75, 3.05) is 24.7 Å². The molecular weight excluding hydrogens is 382 g/mol. The summed E-state index contributed by atoms with van der Waals surface area (Å²) >= 11 is 5.47. The van der Waals surface area contributed by atoms with Gasteiger partial charge in [0, 0.05) is 36.5 Å². The van der Waals surface area contributed by atoms with E-state index in [9.17, 15) is 18.3 Å². The van der Waals surface area contributed by atoms with Crippen LogP contribution in [0.2, 0.25) is 0 Å². The SMILES string of the molecule is CC(C)CC(C(=O)O)N(CCS)S(=O)(=O)CN1C=c2cnsc2=CC1. The molecule has 0 aliphatic carbocycles. The Hall–Kier alpha value is -1.10. The molecule has 0 saturated carbocycles. The number of rotatable bonds is 9. The van der Waals surface area contributed by atoms with E-state index in [-0.39, 0.29) is 30.5 Å². The Morgan fingerprint density at radius 1 is 1.52 bits per heavy atom. The summed E-state index contributed by atoms with van der Waals surface area (Å²) in [5.74, 6) is -1.07. The fraction of sp³-hybridized carbons (Fsp3) is 0.600. The van der Waals surface area contributed by atoms with Gasteiger partial charge in [0.1, 0.15) is 11.9 Å². The number of aliphatic carboxylic acids is 1. The molecule has 1 aliphatic rings. The van der Waals surface area contributed by atoms with Gasteiger partial charge in [-0.1, -0.05) is 13.8 Å². The van der Waals surface area contributed by atoms with Crippen molar-refractivity contribution in [2.45, 2.75) is 26.3 Å². The summed E-state index contributed by atoms with van der Waals surface area (Å²) in [6, 6.07) is -1.08. The Balaban J connectivity index is 2.25. The number of fused-ring (bicyclic) bond motifs is 1. The van der Waals surface area contributed by atoms with Gasteiger partial charge in [-0.05, 0) is 29.9 Å². The first-order valence-corrected chi connectivity index (χ1v) is 11.0. The molecule has 0 fully saturated rings. The summed E-state index contributed by atoms with van der Waals surface area (Å²) in [5.41, 5.74) is 0. The number of carboxylic acids is 1. The Morgan fingerprint density at radius 2 is 2.24 bits per heavy atom. The minimum Gasteiger partial charge on any atom is -0.480 e. The minimum absolute atomic E-state index is 0.0630. The van der Waals surface area contributed by atoms with Gasteiger partial charge < -0.3 is 10.0 Å². The van der Waals surface area contributed by atoms with Crippen molar-refractivity contribution in [1.82, 2.24) is 13.6 Å². The second-order valence-electron chi connectivity index (χ2n) is 6.31. The zero-order chi connectivity index (χ0) is 18.6. The van der Waals surface area contributed by atoms with Gasteiger partial charge in [0.2, 0.25) is 10.0 Å². The molecule has 1 aliphatic heterocycles. The Bertz CT molecular complexity index is 819. The summed E-state index contributed by atoms with van der Waals surface area (Å²) in [7, 11) is -3.80. The van der Waals surface area contributed by atoms with Gasteiger partial charge in [0.25, 0.3) is 0 Å². The topological polar surface area (TPSA) is 90.8 Å². The number of hydrogen-bond donors (Lipinski definition) is 2. The third kappa shape index (κ3) is 5.19. The van der Waals surface area contributed by atoms with E-state index in [1.54, 1.807) is 17.3 Å². The summed E-state index contributed by atoms with van der Waals surface area (Å²) in [5, 5.41) is 10.4. The van der Waals surface area contributed by atoms with E-state index < -0.39 is 22.0 Å². The molecule has 0 radical (unpaired) electrons. The molecule has 2 heterocycles. The number of carboxylic acid groups (broad SMARTS) is 1. The summed E-state index contributed by atoms with van der Waals surface area (Å²) in [4.78, 5) is 13.3. The monoisotopic (exact) mass is 405 g/mol.